The summed E-state index contributed by atoms with van der Waals surface area (Å²) in [4.78, 5) is 11.2. The summed E-state index contributed by atoms with van der Waals surface area (Å²) in [6.45, 7) is 0. The van der Waals surface area contributed by atoms with E-state index in [1.54, 1.807) is 11.3 Å². The van der Waals surface area contributed by atoms with Crippen LogP contribution in [0.1, 0.15) is 0 Å². The molecule has 0 aliphatic carbocycles. The minimum atomic E-state index is 0.757. The number of rotatable bonds is 3. The van der Waals surface area contributed by atoms with E-state index >= 15 is 0 Å². The zero-order valence-electron chi connectivity index (χ0n) is 18.8. The smallest absolute Gasteiger partial charge is 0.161 e. The molecule has 0 radical (unpaired) electrons. The number of benzene rings is 5. The third-order valence-electron chi connectivity index (χ3n) is 6.50. The van der Waals surface area contributed by atoms with Gasteiger partial charge in [-0.05, 0) is 34.0 Å². The maximum Gasteiger partial charge on any atom is 0.161 e. The molecule has 0 spiro atoms. The van der Waals surface area contributed by atoms with Crippen molar-refractivity contribution in [2.45, 2.75) is 0 Å². The second-order valence-corrected chi connectivity index (χ2v) is 9.71. The average Bonchev–Trinajstić information content (AvgIpc) is 3.29. The molecular formula is C32H20N2S. The molecule has 164 valence electrons. The number of thiophene rings is 1. The Labute approximate surface area is 207 Å². The second-order valence-electron chi connectivity index (χ2n) is 8.68. The molecule has 3 heteroatoms. The first kappa shape index (κ1) is 20.1. The maximum atomic E-state index is 5.14. The molecule has 0 unspecified atom stereocenters. The van der Waals surface area contributed by atoms with Crippen LogP contribution in [0.5, 0.6) is 0 Å². The minimum Gasteiger partial charge on any atom is -0.227 e. The van der Waals surface area contributed by atoms with E-state index in [9.17, 15) is 0 Å². The molecule has 0 bridgehead atoms. The lowest BCUT2D eigenvalue weighted by molar-refractivity contribution is 1.24. The van der Waals surface area contributed by atoms with Crippen molar-refractivity contribution in [1.82, 2.24) is 9.97 Å². The zero-order valence-corrected chi connectivity index (χ0v) is 19.7. The van der Waals surface area contributed by atoms with Crippen LogP contribution in [0.4, 0.5) is 0 Å². The normalized spacial score (nSPS) is 11.4. The highest BCUT2D eigenvalue weighted by Gasteiger charge is 2.17. The molecule has 2 heterocycles. The van der Waals surface area contributed by atoms with Crippen LogP contribution in [0, 0.1) is 0 Å². The van der Waals surface area contributed by atoms with Crippen LogP contribution in [0.2, 0.25) is 0 Å². The van der Waals surface area contributed by atoms with Crippen LogP contribution in [0.25, 0.3) is 64.8 Å². The van der Waals surface area contributed by atoms with Gasteiger partial charge in [-0.2, -0.15) is 0 Å². The Morgan fingerprint density at radius 3 is 1.77 bits per heavy atom. The van der Waals surface area contributed by atoms with E-state index in [-0.39, 0.29) is 0 Å². The van der Waals surface area contributed by atoms with Crippen LogP contribution in [-0.4, -0.2) is 9.97 Å². The Balaban J connectivity index is 1.46. The van der Waals surface area contributed by atoms with Gasteiger partial charge in [-0.25, -0.2) is 9.97 Å². The Kier molecular flexibility index (Phi) is 4.68. The molecule has 0 N–H and O–H groups in total. The van der Waals surface area contributed by atoms with Gasteiger partial charge in [-0.1, -0.05) is 109 Å². The van der Waals surface area contributed by atoms with Crippen molar-refractivity contribution >= 4 is 42.4 Å². The highest BCUT2D eigenvalue weighted by molar-refractivity contribution is 7.25. The first-order valence-electron chi connectivity index (χ1n) is 11.7. The monoisotopic (exact) mass is 464 g/mol. The fraction of sp³-hybridized carbons (Fsp3) is 0. The van der Waals surface area contributed by atoms with Crippen LogP contribution in [0.15, 0.2) is 121 Å². The zero-order chi connectivity index (χ0) is 23.2. The highest BCUT2D eigenvalue weighted by Crippen LogP contribution is 2.41. The summed E-state index contributed by atoms with van der Waals surface area (Å²) >= 11 is 1.74. The van der Waals surface area contributed by atoms with Gasteiger partial charge in [-0.15, -0.1) is 11.3 Å². The second kappa shape index (κ2) is 8.15. The molecule has 2 aromatic heterocycles. The Bertz CT molecular complexity index is 1820. The lowest BCUT2D eigenvalue weighted by Crippen LogP contribution is -1.93. The SMILES string of the molecule is c1ccc(-c2ccc(-c3nc(-c4ccccc4)c4c(n3)sc3cc5ccccc5cc34)cc2)cc1. The standard InChI is InChI=1S/C32H20N2S/c1-3-9-21(10-4-1)22-15-17-24(18-16-22)31-33-30(23-11-5-2-6-12-23)29-27-19-25-13-7-8-14-26(25)20-28(27)35-32(29)34-31/h1-20H. The van der Waals surface area contributed by atoms with E-state index in [4.69, 9.17) is 9.97 Å². The molecule has 5 aromatic carbocycles. The summed E-state index contributed by atoms with van der Waals surface area (Å²) in [6, 6.07) is 42.5. The Morgan fingerprint density at radius 2 is 1.06 bits per heavy atom. The first-order valence-corrected chi connectivity index (χ1v) is 12.5. The molecule has 0 fully saturated rings. The van der Waals surface area contributed by atoms with Gasteiger partial charge in [0.2, 0.25) is 0 Å². The Hall–Kier alpha value is -4.34. The summed E-state index contributed by atoms with van der Waals surface area (Å²) in [5.41, 5.74) is 5.50. The molecule has 0 aliphatic rings. The van der Waals surface area contributed by atoms with Gasteiger partial charge in [0, 0.05) is 26.6 Å². The number of hydrogen-bond donors (Lipinski definition) is 0. The molecule has 2 nitrogen and oxygen atoms in total. The van der Waals surface area contributed by atoms with Gasteiger partial charge >= 0.3 is 0 Å². The van der Waals surface area contributed by atoms with E-state index in [0.717, 1.165) is 32.9 Å². The molecule has 7 aromatic rings. The predicted molar refractivity (Wildman–Crippen MR) is 149 cm³/mol. The van der Waals surface area contributed by atoms with E-state index < -0.39 is 0 Å². The first-order chi connectivity index (χ1) is 17.3. The molecule has 0 aliphatic heterocycles. The number of nitrogens with zero attached hydrogens (tertiary/aromatic N) is 2. The van der Waals surface area contributed by atoms with Crippen molar-refractivity contribution in [2.75, 3.05) is 0 Å². The summed E-state index contributed by atoms with van der Waals surface area (Å²) in [5, 5.41) is 4.83. The minimum absolute atomic E-state index is 0.757. The maximum absolute atomic E-state index is 5.14. The largest absolute Gasteiger partial charge is 0.227 e. The van der Waals surface area contributed by atoms with E-state index in [0.29, 0.717) is 0 Å². The van der Waals surface area contributed by atoms with Gasteiger partial charge < -0.3 is 0 Å². The van der Waals surface area contributed by atoms with Gasteiger partial charge in [0.1, 0.15) is 4.83 Å². The molecule has 7 rings (SSSR count). The van der Waals surface area contributed by atoms with E-state index in [2.05, 4.69) is 109 Å². The topological polar surface area (TPSA) is 25.8 Å². The number of hydrogen-bond acceptors (Lipinski definition) is 3. The van der Waals surface area contributed by atoms with Gasteiger partial charge in [0.05, 0.1) is 5.69 Å². The molecule has 0 atom stereocenters. The number of fused-ring (bicyclic) bond motifs is 4. The van der Waals surface area contributed by atoms with Crippen molar-refractivity contribution < 1.29 is 0 Å². The van der Waals surface area contributed by atoms with E-state index in [1.165, 1.54) is 32.0 Å². The predicted octanol–water partition coefficient (Wildman–Crippen LogP) is 9.00. The summed E-state index contributed by atoms with van der Waals surface area (Å²) < 4.78 is 1.24. The van der Waals surface area contributed by atoms with Crippen LogP contribution in [-0.2, 0) is 0 Å². The van der Waals surface area contributed by atoms with Crippen molar-refractivity contribution in [3.05, 3.63) is 121 Å². The van der Waals surface area contributed by atoms with Crippen LogP contribution in [0.3, 0.4) is 0 Å². The molecule has 0 amide bonds. The fourth-order valence-electron chi connectivity index (χ4n) is 4.74. The van der Waals surface area contributed by atoms with Crippen molar-refractivity contribution in [1.29, 1.82) is 0 Å². The fourth-order valence-corrected chi connectivity index (χ4v) is 5.84. The molecule has 35 heavy (non-hydrogen) atoms. The van der Waals surface area contributed by atoms with Crippen molar-refractivity contribution in [3.8, 4) is 33.8 Å². The lowest BCUT2D eigenvalue weighted by atomic mass is 10.0. The summed E-state index contributed by atoms with van der Waals surface area (Å²) in [5.74, 6) is 0.757. The summed E-state index contributed by atoms with van der Waals surface area (Å²) in [7, 11) is 0. The van der Waals surface area contributed by atoms with Gasteiger partial charge in [0.25, 0.3) is 0 Å². The summed E-state index contributed by atoms with van der Waals surface area (Å²) in [6.07, 6.45) is 0. The van der Waals surface area contributed by atoms with Crippen LogP contribution < -0.4 is 0 Å². The average molecular weight is 465 g/mol. The molecule has 0 saturated carbocycles. The molecule has 0 saturated heterocycles. The molecular weight excluding hydrogens is 444 g/mol. The quantitative estimate of drug-likeness (QED) is 0.261. The van der Waals surface area contributed by atoms with Gasteiger partial charge in [-0.3, -0.25) is 0 Å². The third kappa shape index (κ3) is 3.49. The highest BCUT2D eigenvalue weighted by atomic mass is 32.1. The number of aromatic nitrogens is 2. The van der Waals surface area contributed by atoms with Crippen molar-refractivity contribution in [3.63, 3.8) is 0 Å². The third-order valence-corrected chi connectivity index (χ3v) is 7.54. The van der Waals surface area contributed by atoms with E-state index in [1.807, 2.05) is 12.1 Å². The Morgan fingerprint density at radius 1 is 0.486 bits per heavy atom. The van der Waals surface area contributed by atoms with Crippen LogP contribution >= 0.6 is 11.3 Å². The van der Waals surface area contributed by atoms with Crippen molar-refractivity contribution in [2.24, 2.45) is 0 Å². The lowest BCUT2D eigenvalue weighted by Gasteiger charge is -2.08. The van der Waals surface area contributed by atoms with Gasteiger partial charge in [0.15, 0.2) is 5.82 Å².